The molecule has 18 heavy (non-hydrogen) atoms. The zero-order valence-corrected chi connectivity index (χ0v) is 12.1. The number of ether oxygens (including phenoxy) is 1. The van der Waals surface area contributed by atoms with Crippen LogP contribution in [0.15, 0.2) is 40.9 Å². The summed E-state index contributed by atoms with van der Waals surface area (Å²) < 4.78 is 19.3. The molecule has 2 rings (SSSR count). The maximum atomic E-state index is 13.3. The molecule has 0 atom stereocenters. The molecule has 0 aliphatic rings. The summed E-state index contributed by atoms with van der Waals surface area (Å²) in [5, 5.41) is 0. The standard InChI is InChI=1S/C14H11BrClFO/c1-9-6-11(3-2-10(9)8-16)18-12-4-5-13(15)14(17)7-12/h2-7H,8H2,1H3. The predicted molar refractivity (Wildman–Crippen MR) is 74.9 cm³/mol. The van der Waals surface area contributed by atoms with Crippen molar-refractivity contribution < 1.29 is 9.13 Å². The summed E-state index contributed by atoms with van der Waals surface area (Å²) in [5.74, 6) is 1.26. The number of benzene rings is 2. The molecule has 0 aliphatic carbocycles. The molecule has 2 aromatic carbocycles. The second kappa shape index (κ2) is 5.72. The molecule has 0 heterocycles. The van der Waals surface area contributed by atoms with Crippen molar-refractivity contribution in [1.82, 2.24) is 0 Å². The van der Waals surface area contributed by atoms with Gasteiger partial charge in [0.2, 0.25) is 0 Å². The summed E-state index contributed by atoms with van der Waals surface area (Å²) >= 11 is 8.89. The Hall–Kier alpha value is -1.06. The smallest absolute Gasteiger partial charge is 0.141 e. The number of rotatable bonds is 3. The van der Waals surface area contributed by atoms with E-state index in [1.54, 1.807) is 12.1 Å². The molecule has 0 spiro atoms. The van der Waals surface area contributed by atoms with Crippen molar-refractivity contribution in [2.45, 2.75) is 12.8 Å². The highest BCUT2D eigenvalue weighted by molar-refractivity contribution is 9.10. The Labute approximate surface area is 119 Å². The lowest BCUT2D eigenvalue weighted by atomic mass is 10.1. The third-order valence-corrected chi connectivity index (χ3v) is 3.52. The number of aryl methyl sites for hydroxylation is 1. The second-order valence-corrected chi connectivity index (χ2v) is 5.02. The first-order chi connectivity index (χ1) is 8.60. The van der Waals surface area contributed by atoms with Gasteiger partial charge in [0.1, 0.15) is 17.3 Å². The summed E-state index contributed by atoms with van der Waals surface area (Å²) in [6, 6.07) is 10.3. The van der Waals surface area contributed by atoms with Gasteiger partial charge in [0.25, 0.3) is 0 Å². The van der Waals surface area contributed by atoms with Gasteiger partial charge in [-0.2, -0.15) is 0 Å². The van der Waals surface area contributed by atoms with E-state index in [4.69, 9.17) is 16.3 Å². The minimum Gasteiger partial charge on any atom is -0.457 e. The summed E-state index contributed by atoms with van der Waals surface area (Å²) in [4.78, 5) is 0. The van der Waals surface area contributed by atoms with Crippen LogP contribution in [0.25, 0.3) is 0 Å². The minimum atomic E-state index is -0.346. The first-order valence-electron chi connectivity index (χ1n) is 5.38. The molecular weight excluding hydrogens is 319 g/mol. The van der Waals surface area contributed by atoms with E-state index in [-0.39, 0.29) is 5.82 Å². The van der Waals surface area contributed by atoms with Crippen LogP contribution >= 0.6 is 27.5 Å². The molecule has 0 amide bonds. The largest absolute Gasteiger partial charge is 0.457 e. The van der Waals surface area contributed by atoms with Gasteiger partial charge in [-0.05, 0) is 58.2 Å². The highest BCUT2D eigenvalue weighted by atomic mass is 79.9. The van der Waals surface area contributed by atoms with Crippen molar-refractivity contribution in [2.24, 2.45) is 0 Å². The van der Waals surface area contributed by atoms with Gasteiger partial charge in [-0.1, -0.05) is 6.07 Å². The average molecular weight is 330 g/mol. The van der Waals surface area contributed by atoms with Crippen LogP contribution in [0.3, 0.4) is 0 Å². The van der Waals surface area contributed by atoms with Gasteiger partial charge in [-0.25, -0.2) is 4.39 Å². The molecule has 2 aromatic rings. The van der Waals surface area contributed by atoms with Crippen molar-refractivity contribution >= 4 is 27.5 Å². The van der Waals surface area contributed by atoms with E-state index in [2.05, 4.69) is 15.9 Å². The fourth-order valence-electron chi connectivity index (χ4n) is 1.56. The fourth-order valence-corrected chi connectivity index (χ4v) is 2.10. The molecule has 0 N–H and O–H groups in total. The van der Waals surface area contributed by atoms with E-state index in [0.29, 0.717) is 21.9 Å². The Morgan fingerprint density at radius 2 is 1.83 bits per heavy atom. The Bertz CT molecular complexity index is 572. The van der Waals surface area contributed by atoms with Crippen LogP contribution in [-0.4, -0.2) is 0 Å². The normalized spacial score (nSPS) is 10.4. The predicted octanol–water partition coefficient (Wildman–Crippen LogP) is 5.43. The van der Waals surface area contributed by atoms with E-state index in [0.717, 1.165) is 11.1 Å². The van der Waals surface area contributed by atoms with Crippen molar-refractivity contribution in [3.05, 3.63) is 57.8 Å². The summed E-state index contributed by atoms with van der Waals surface area (Å²) in [5.41, 5.74) is 2.12. The minimum absolute atomic E-state index is 0.346. The van der Waals surface area contributed by atoms with Crippen molar-refractivity contribution in [1.29, 1.82) is 0 Å². The maximum Gasteiger partial charge on any atom is 0.141 e. The van der Waals surface area contributed by atoms with Gasteiger partial charge in [-0.15, -0.1) is 11.6 Å². The molecule has 1 nitrogen and oxygen atoms in total. The first kappa shape index (κ1) is 13.4. The van der Waals surface area contributed by atoms with Crippen LogP contribution in [0, 0.1) is 12.7 Å². The SMILES string of the molecule is Cc1cc(Oc2ccc(Br)c(F)c2)ccc1CCl. The Balaban J connectivity index is 2.23. The number of alkyl halides is 1. The van der Waals surface area contributed by atoms with E-state index >= 15 is 0 Å². The molecule has 0 bridgehead atoms. The molecule has 0 fully saturated rings. The summed E-state index contributed by atoms with van der Waals surface area (Å²) in [6.45, 7) is 1.97. The quantitative estimate of drug-likeness (QED) is 0.682. The highest BCUT2D eigenvalue weighted by Crippen LogP contribution is 2.27. The van der Waals surface area contributed by atoms with Crippen LogP contribution in [0.2, 0.25) is 0 Å². The maximum absolute atomic E-state index is 13.3. The van der Waals surface area contributed by atoms with Crippen LogP contribution in [0.1, 0.15) is 11.1 Å². The third-order valence-electron chi connectivity index (χ3n) is 2.58. The summed E-state index contributed by atoms with van der Waals surface area (Å²) in [7, 11) is 0. The van der Waals surface area contributed by atoms with Crippen LogP contribution in [0.5, 0.6) is 11.5 Å². The lowest BCUT2D eigenvalue weighted by Crippen LogP contribution is -1.89. The number of hydrogen-bond acceptors (Lipinski definition) is 1. The molecule has 0 radical (unpaired) electrons. The van der Waals surface area contributed by atoms with Crippen molar-refractivity contribution in [2.75, 3.05) is 0 Å². The van der Waals surface area contributed by atoms with E-state index in [1.165, 1.54) is 6.07 Å². The van der Waals surface area contributed by atoms with Gasteiger partial charge in [0.15, 0.2) is 0 Å². The van der Waals surface area contributed by atoms with Gasteiger partial charge < -0.3 is 4.74 Å². The Kier molecular flexibility index (Phi) is 4.25. The monoisotopic (exact) mass is 328 g/mol. The molecular formula is C14H11BrClFO. The summed E-state index contributed by atoms with van der Waals surface area (Å²) in [6.07, 6.45) is 0. The highest BCUT2D eigenvalue weighted by Gasteiger charge is 2.04. The van der Waals surface area contributed by atoms with Crippen LogP contribution in [0.4, 0.5) is 4.39 Å². The number of halogens is 3. The van der Waals surface area contributed by atoms with E-state index in [9.17, 15) is 4.39 Å². The van der Waals surface area contributed by atoms with Crippen LogP contribution in [-0.2, 0) is 5.88 Å². The van der Waals surface area contributed by atoms with Gasteiger partial charge in [0.05, 0.1) is 4.47 Å². The number of hydrogen-bond donors (Lipinski definition) is 0. The van der Waals surface area contributed by atoms with E-state index < -0.39 is 0 Å². The van der Waals surface area contributed by atoms with Gasteiger partial charge >= 0.3 is 0 Å². The molecule has 94 valence electrons. The van der Waals surface area contributed by atoms with Crippen molar-refractivity contribution in [3.8, 4) is 11.5 Å². The molecule has 0 saturated carbocycles. The molecule has 0 saturated heterocycles. The first-order valence-corrected chi connectivity index (χ1v) is 6.71. The Morgan fingerprint density at radius 3 is 2.44 bits per heavy atom. The van der Waals surface area contributed by atoms with Gasteiger partial charge in [-0.3, -0.25) is 0 Å². The Morgan fingerprint density at radius 1 is 1.17 bits per heavy atom. The molecule has 0 aliphatic heterocycles. The second-order valence-electron chi connectivity index (χ2n) is 3.90. The lowest BCUT2D eigenvalue weighted by Gasteiger charge is -2.09. The van der Waals surface area contributed by atoms with Crippen LogP contribution < -0.4 is 4.74 Å². The zero-order chi connectivity index (χ0) is 13.1. The molecule has 0 unspecified atom stereocenters. The molecule has 4 heteroatoms. The molecule has 0 aromatic heterocycles. The third kappa shape index (κ3) is 3.03. The van der Waals surface area contributed by atoms with E-state index in [1.807, 2.05) is 25.1 Å². The zero-order valence-electron chi connectivity index (χ0n) is 9.71. The topological polar surface area (TPSA) is 9.23 Å². The average Bonchev–Trinajstić information content (AvgIpc) is 2.34. The fraction of sp³-hybridized carbons (Fsp3) is 0.143. The van der Waals surface area contributed by atoms with Gasteiger partial charge in [0, 0.05) is 11.9 Å². The lowest BCUT2D eigenvalue weighted by molar-refractivity contribution is 0.475. The van der Waals surface area contributed by atoms with Crippen molar-refractivity contribution in [3.63, 3.8) is 0 Å².